The third-order valence-corrected chi connectivity index (χ3v) is 7.88. The lowest BCUT2D eigenvalue weighted by molar-refractivity contribution is -0.141. The number of fused-ring (bicyclic) bond motifs is 2. The van der Waals surface area contributed by atoms with E-state index in [2.05, 4.69) is 23.6 Å². The lowest BCUT2D eigenvalue weighted by atomic mass is 9.81. The largest absolute Gasteiger partial charge is 0.331 e. The van der Waals surface area contributed by atoms with Gasteiger partial charge in [-0.2, -0.15) is 0 Å². The molecule has 6 heteroatoms. The fourth-order valence-electron chi connectivity index (χ4n) is 5.38. The Morgan fingerprint density at radius 1 is 1.00 bits per heavy atom. The van der Waals surface area contributed by atoms with Gasteiger partial charge in [0.15, 0.2) is 0 Å². The number of imide groups is 1. The summed E-state index contributed by atoms with van der Waals surface area (Å²) in [6.07, 6.45) is 4.70. The van der Waals surface area contributed by atoms with Crippen molar-refractivity contribution in [3.63, 3.8) is 0 Å². The van der Waals surface area contributed by atoms with E-state index in [1.54, 1.807) is 11.3 Å². The summed E-state index contributed by atoms with van der Waals surface area (Å²) in [5, 5.41) is 2.10. The van der Waals surface area contributed by atoms with Crippen molar-refractivity contribution in [3.05, 3.63) is 57.8 Å². The highest BCUT2D eigenvalue weighted by Crippen LogP contribution is 2.39. The molecule has 1 aromatic heterocycles. The second-order valence-electron chi connectivity index (χ2n) is 8.53. The first-order chi connectivity index (χ1) is 14.6. The highest BCUT2D eigenvalue weighted by molar-refractivity contribution is 7.10. The number of nitrogens with zero attached hydrogens (tertiary/aromatic N) is 2. The summed E-state index contributed by atoms with van der Waals surface area (Å²) >= 11 is 1.75. The van der Waals surface area contributed by atoms with Crippen molar-refractivity contribution in [2.75, 3.05) is 13.1 Å². The van der Waals surface area contributed by atoms with E-state index in [0.29, 0.717) is 6.54 Å². The van der Waals surface area contributed by atoms with Crippen LogP contribution in [0.1, 0.15) is 54.1 Å². The number of amides is 3. The summed E-state index contributed by atoms with van der Waals surface area (Å²) in [6.45, 7) is 0.872. The van der Waals surface area contributed by atoms with E-state index < -0.39 is 0 Å². The maximum atomic E-state index is 13.3. The average molecular weight is 423 g/mol. The molecule has 0 radical (unpaired) electrons. The molecule has 3 heterocycles. The van der Waals surface area contributed by atoms with E-state index in [-0.39, 0.29) is 48.6 Å². The topological polar surface area (TPSA) is 57.7 Å². The number of thiophene rings is 1. The first-order valence-electron chi connectivity index (χ1n) is 10.9. The Kier molecular flexibility index (Phi) is 5.19. The molecular formula is C24H26N2O3S. The Morgan fingerprint density at radius 3 is 2.40 bits per heavy atom. The second-order valence-corrected chi connectivity index (χ2v) is 9.53. The van der Waals surface area contributed by atoms with Crippen molar-refractivity contribution in [3.8, 4) is 0 Å². The van der Waals surface area contributed by atoms with E-state index >= 15 is 0 Å². The van der Waals surface area contributed by atoms with Crippen LogP contribution < -0.4 is 0 Å². The van der Waals surface area contributed by atoms with Crippen molar-refractivity contribution in [2.45, 2.75) is 44.6 Å². The summed E-state index contributed by atoms with van der Waals surface area (Å²) < 4.78 is 0. The van der Waals surface area contributed by atoms with E-state index in [1.807, 2.05) is 23.1 Å². The van der Waals surface area contributed by atoms with Crippen LogP contribution in [-0.2, 0) is 20.8 Å². The molecule has 156 valence electrons. The van der Waals surface area contributed by atoms with Crippen LogP contribution in [0.3, 0.4) is 0 Å². The van der Waals surface area contributed by atoms with Gasteiger partial charge in [-0.1, -0.05) is 43.2 Å². The highest BCUT2D eigenvalue weighted by atomic mass is 32.1. The second kappa shape index (κ2) is 7.99. The Morgan fingerprint density at radius 2 is 1.70 bits per heavy atom. The minimum Gasteiger partial charge on any atom is -0.331 e. The van der Waals surface area contributed by atoms with Crippen LogP contribution in [0.25, 0.3) is 0 Å². The highest BCUT2D eigenvalue weighted by Gasteiger charge is 2.48. The molecule has 30 heavy (non-hydrogen) atoms. The van der Waals surface area contributed by atoms with Crippen LogP contribution in [0.15, 0.2) is 41.8 Å². The van der Waals surface area contributed by atoms with Crippen LogP contribution in [0.2, 0.25) is 0 Å². The predicted molar refractivity (Wildman–Crippen MR) is 115 cm³/mol. The molecule has 3 aliphatic rings. The van der Waals surface area contributed by atoms with Gasteiger partial charge in [-0.05, 0) is 41.8 Å². The summed E-state index contributed by atoms with van der Waals surface area (Å²) in [7, 11) is 0. The van der Waals surface area contributed by atoms with Gasteiger partial charge >= 0.3 is 0 Å². The van der Waals surface area contributed by atoms with Gasteiger partial charge in [-0.15, -0.1) is 11.3 Å². The monoisotopic (exact) mass is 422 g/mol. The zero-order valence-corrected chi connectivity index (χ0v) is 17.8. The molecule has 5 nitrogen and oxygen atoms in total. The Bertz CT molecular complexity index is 946. The predicted octanol–water partition coefficient (Wildman–Crippen LogP) is 3.79. The first kappa shape index (κ1) is 19.5. The lowest BCUT2D eigenvalue weighted by Gasteiger charge is -2.36. The van der Waals surface area contributed by atoms with Crippen LogP contribution >= 0.6 is 11.3 Å². The van der Waals surface area contributed by atoms with Gasteiger partial charge in [0.1, 0.15) is 0 Å². The molecule has 3 amide bonds. The fourth-order valence-corrected chi connectivity index (χ4v) is 6.29. The Hall–Kier alpha value is -2.47. The van der Waals surface area contributed by atoms with Gasteiger partial charge in [0.2, 0.25) is 17.7 Å². The number of carbonyl (C=O) groups is 3. The zero-order valence-electron chi connectivity index (χ0n) is 17.0. The number of likely N-dealkylation sites (tertiary alicyclic amines) is 1. The minimum atomic E-state index is -0.151. The third kappa shape index (κ3) is 3.27. The van der Waals surface area contributed by atoms with Crippen LogP contribution in [0.4, 0.5) is 0 Å². The fraction of sp³-hybridized carbons (Fsp3) is 0.458. The molecule has 1 aromatic carbocycles. The molecule has 1 saturated heterocycles. The van der Waals surface area contributed by atoms with Gasteiger partial charge in [0, 0.05) is 24.4 Å². The van der Waals surface area contributed by atoms with Crippen molar-refractivity contribution < 1.29 is 14.4 Å². The minimum absolute atomic E-state index is 0.0103. The van der Waals surface area contributed by atoms with Crippen molar-refractivity contribution >= 4 is 29.1 Å². The Balaban J connectivity index is 1.33. The van der Waals surface area contributed by atoms with E-state index in [0.717, 1.165) is 37.7 Å². The third-order valence-electron chi connectivity index (χ3n) is 6.88. The summed E-state index contributed by atoms with van der Waals surface area (Å²) in [4.78, 5) is 43.4. The molecule has 1 saturated carbocycles. The number of benzene rings is 1. The zero-order chi connectivity index (χ0) is 20.7. The summed E-state index contributed by atoms with van der Waals surface area (Å²) in [6, 6.07) is 12.1. The molecule has 2 fully saturated rings. The average Bonchev–Trinajstić information content (AvgIpc) is 3.35. The van der Waals surface area contributed by atoms with E-state index in [4.69, 9.17) is 0 Å². The molecule has 3 atom stereocenters. The molecule has 0 N–H and O–H groups in total. The molecule has 1 aliphatic carbocycles. The number of hydrogen-bond acceptors (Lipinski definition) is 4. The molecule has 2 aromatic rings. The van der Waals surface area contributed by atoms with Crippen LogP contribution in [0.5, 0.6) is 0 Å². The summed E-state index contributed by atoms with van der Waals surface area (Å²) in [5.41, 5.74) is 2.30. The van der Waals surface area contributed by atoms with Crippen molar-refractivity contribution in [2.24, 2.45) is 11.8 Å². The van der Waals surface area contributed by atoms with Crippen LogP contribution in [0, 0.1) is 11.8 Å². The van der Waals surface area contributed by atoms with Gasteiger partial charge in [0.25, 0.3) is 0 Å². The standard InChI is InChI=1S/C24H26N2O3S/c27-21(11-14-26-23(28)17-8-4-5-9-18(17)24(26)29)25-13-10-20-19(12-15-30-20)22(25)16-6-2-1-3-7-16/h1-3,6-7,12,15,17-18,22H,4-5,8-11,13-14H2/t17-,18+,22-/m1/s1. The van der Waals surface area contributed by atoms with Gasteiger partial charge in [-0.3, -0.25) is 19.3 Å². The maximum Gasteiger partial charge on any atom is 0.233 e. The molecule has 0 bridgehead atoms. The number of carbonyl (C=O) groups excluding carboxylic acids is 3. The van der Waals surface area contributed by atoms with Crippen molar-refractivity contribution in [1.29, 1.82) is 0 Å². The van der Waals surface area contributed by atoms with E-state index in [9.17, 15) is 14.4 Å². The molecule has 2 aliphatic heterocycles. The van der Waals surface area contributed by atoms with Crippen LogP contribution in [-0.4, -0.2) is 40.6 Å². The molecule has 0 unspecified atom stereocenters. The van der Waals surface area contributed by atoms with Gasteiger partial charge in [-0.25, -0.2) is 0 Å². The first-order valence-corrected chi connectivity index (χ1v) is 11.8. The lowest BCUT2D eigenvalue weighted by Crippen LogP contribution is -2.42. The molecular weight excluding hydrogens is 396 g/mol. The molecule has 5 rings (SSSR count). The quantitative estimate of drug-likeness (QED) is 0.705. The molecule has 0 spiro atoms. The number of rotatable bonds is 4. The van der Waals surface area contributed by atoms with Crippen molar-refractivity contribution in [1.82, 2.24) is 9.80 Å². The normalized spacial score (nSPS) is 25.9. The SMILES string of the molecule is O=C1[C@H]2CCCC[C@H]2C(=O)N1CCC(=O)N1CCc2sccc2[C@H]1c1ccccc1. The van der Waals surface area contributed by atoms with Gasteiger partial charge < -0.3 is 4.90 Å². The smallest absolute Gasteiger partial charge is 0.233 e. The summed E-state index contributed by atoms with van der Waals surface area (Å²) in [5.74, 6) is -0.411. The van der Waals surface area contributed by atoms with Gasteiger partial charge in [0.05, 0.1) is 17.9 Å². The Labute approximate surface area is 180 Å². The maximum absolute atomic E-state index is 13.3. The van der Waals surface area contributed by atoms with E-state index in [1.165, 1.54) is 15.3 Å². The number of hydrogen-bond donors (Lipinski definition) is 0.